The van der Waals surface area contributed by atoms with Crippen LogP contribution < -0.4 is 4.74 Å². The minimum absolute atomic E-state index is 0.00392. The molecule has 0 unspecified atom stereocenters. The van der Waals surface area contributed by atoms with Crippen LogP contribution in [0.2, 0.25) is 0 Å². The largest absolute Gasteiger partial charge is 0.461 e. The fraction of sp³-hybridized carbons (Fsp3) is 0.267. The molecule has 0 aliphatic carbocycles. The van der Waals surface area contributed by atoms with Gasteiger partial charge >= 0.3 is 5.97 Å². The van der Waals surface area contributed by atoms with Gasteiger partial charge in [0.25, 0.3) is 0 Å². The Labute approximate surface area is 126 Å². The van der Waals surface area contributed by atoms with E-state index in [0.29, 0.717) is 12.2 Å². The van der Waals surface area contributed by atoms with E-state index in [1.165, 1.54) is 31.5 Å². The lowest BCUT2D eigenvalue weighted by Crippen LogP contribution is -2.08. The average Bonchev–Trinajstić information content (AvgIpc) is 2.51. The number of carbonyl (C=O) groups excluding carboxylic acids is 1. The molecule has 6 nitrogen and oxygen atoms in total. The molecule has 2 aromatic rings. The Morgan fingerprint density at radius 2 is 2.14 bits per heavy atom. The number of benzene rings is 1. The molecule has 0 bridgehead atoms. The lowest BCUT2D eigenvalue weighted by atomic mass is 10.2. The smallest absolute Gasteiger partial charge is 0.358 e. The predicted molar refractivity (Wildman–Crippen MR) is 75.2 cm³/mol. The van der Waals surface area contributed by atoms with Crippen molar-refractivity contribution in [1.82, 2.24) is 10.2 Å². The Morgan fingerprint density at radius 3 is 2.82 bits per heavy atom. The van der Waals surface area contributed by atoms with Crippen LogP contribution in [0.25, 0.3) is 0 Å². The van der Waals surface area contributed by atoms with E-state index in [0.717, 1.165) is 0 Å². The molecule has 0 saturated carbocycles. The Hall–Kier alpha value is -2.54. The molecule has 0 aliphatic rings. The van der Waals surface area contributed by atoms with E-state index in [1.54, 1.807) is 13.0 Å². The molecule has 1 aromatic heterocycles. The van der Waals surface area contributed by atoms with Crippen LogP contribution >= 0.6 is 0 Å². The van der Waals surface area contributed by atoms with E-state index in [4.69, 9.17) is 14.2 Å². The van der Waals surface area contributed by atoms with Crippen molar-refractivity contribution in [2.24, 2.45) is 0 Å². The van der Waals surface area contributed by atoms with Gasteiger partial charge in [0.05, 0.1) is 19.4 Å². The molecule has 22 heavy (non-hydrogen) atoms. The van der Waals surface area contributed by atoms with Crippen LogP contribution in [-0.4, -0.2) is 29.9 Å². The highest BCUT2D eigenvalue weighted by Gasteiger charge is 2.12. The van der Waals surface area contributed by atoms with Gasteiger partial charge in [-0.2, -0.15) is 5.10 Å². The van der Waals surface area contributed by atoms with Gasteiger partial charge in [-0.1, -0.05) is 6.07 Å². The standard InChI is InChI=1S/C15H15FN2O4/c1-3-21-15(19)13-7-11(8-17-18-13)22-14-5-4-10(9-20-2)6-12(14)16/h4-8H,3,9H2,1-2H3. The Morgan fingerprint density at radius 1 is 1.32 bits per heavy atom. The molecule has 7 heteroatoms. The summed E-state index contributed by atoms with van der Waals surface area (Å²) in [5.74, 6) is -0.945. The molecule has 0 amide bonds. The van der Waals surface area contributed by atoms with Gasteiger partial charge in [0, 0.05) is 13.2 Å². The topological polar surface area (TPSA) is 70.5 Å². The van der Waals surface area contributed by atoms with Crippen LogP contribution in [0, 0.1) is 5.82 Å². The third-order valence-corrected chi connectivity index (χ3v) is 2.65. The van der Waals surface area contributed by atoms with E-state index in [9.17, 15) is 9.18 Å². The van der Waals surface area contributed by atoms with Crippen molar-refractivity contribution in [3.8, 4) is 11.5 Å². The van der Waals surface area contributed by atoms with Crippen molar-refractivity contribution < 1.29 is 23.4 Å². The summed E-state index contributed by atoms with van der Waals surface area (Å²) in [6.07, 6.45) is 1.28. The molecule has 1 heterocycles. The average molecular weight is 306 g/mol. The van der Waals surface area contributed by atoms with Gasteiger partial charge in [-0.3, -0.25) is 0 Å². The molecule has 0 N–H and O–H groups in total. The number of halogens is 1. The number of methoxy groups -OCH3 is 1. The number of hydrogen-bond acceptors (Lipinski definition) is 6. The van der Waals surface area contributed by atoms with E-state index in [-0.39, 0.29) is 23.8 Å². The summed E-state index contributed by atoms with van der Waals surface area (Å²) in [5, 5.41) is 7.29. The van der Waals surface area contributed by atoms with Crippen molar-refractivity contribution in [1.29, 1.82) is 0 Å². The second-order valence-corrected chi connectivity index (χ2v) is 4.30. The summed E-state index contributed by atoms with van der Waals surface area (Å²) in [6, 6.07) is 5.82. The highest BCUT2D eigenvalue weighted by molar-refractivity contribution is 5.87. The fourth-order valence-corrected chi connectivity index (χ4v) is 1.72. The molecule has 116 valence electrons. The van der Waals surface area contributed by atoms with Crippen molar-refractivity contribution in [3.63, 3.8) is 0 Å². The number of carbonyl (C=O) groups is 1. The van der Waals surface area contributed by atoms with Gasteiger partial charge in [0.15, 0.2) is 17.3 Å². The van der Waals surface area contributed by atoms with Crippen molar-refractivity contribution >= 4 is 5.97 Å². The Balaban J connectivity index is 2.17. The van der Waals surface area contributed by atoms with Gasteiger partial charge in [-0.15, -0.1) is 5.10 Å². The van der Waals surface area contributed by atoms with Gasteiger partial charge in [0.1, 0.15) is 5.75 Å². The summed E-state index contributed by atoms with van der Waals surface area (Å²) in [5.41, 5.74) is 0.683. The number of ether oxygens (including phenoxy) is 3. The third kappa shape index (κ3) is 3.98. The normalized spacial score (nSPS) is 10.3. The van der Waals surface area contributed by atoms with Crippen LogP contribution in [0.4, 0.5) is 4.39 Å². The van der Waals surface area contributed by atoms with Gasteiger partial charge < -0.3 is 14.2 Å². The predicted octanol–water partition coefficient (Wildman–Crippen LogP) is 2.73. The maximum atomic E-state index is 13.9. The van der Waals surface area contributed by atoms with Crippen LogP contribution in [-0.2, 0) is 16.1 Å². The van der Waals surface area contributed by atoms with Gasteiger partial charge in [0.2, 0.25) is 0 Å². The SMILES string of the molecule is CCOC(=O)c1cc(Oc2ccc(COC)cc2F)cnn1. The minimum atomic E-state index is -0.614. The number of hydrogen-bond donors (Lipinski definition) is 0. The first-order valence-corrected chi connectivity index (χ1v) is 6.59. The summed E-state index contributed by atoms with van der Waals surface area (Å²) in [4.78, 5) is 11.6. The van der Waals surface area contributed by atoms with Crippen LogP contribution in [0.5, 0.6) is 11.5 Å². The summed E-state index contributed by atoms with van der Waals surface area (Å²) >= 11 is 0. The van der Waals surface area contributed by atoms with E-state index in [1.807, 2.05) is 0 Å². The molecule has 0 saturated heterocycles. The molecule has 0 radical (unpaired) electrons. The van der Waals surface area contributed by atoms with E-state index >= 15 is 0 Å². The maximum absolute atomic E-state index is 13.9. The summed E-state index contributed by atoms with van der Waals surface area (Å²) in [6.45, 7) is 2.21. The minimum Gasteiger partial charge on any atom is -0.461 e. The van der Waals surface area contributed by atoms with E-state index in [2.05, 4.69) is 10.2 Å². The molecule has 1 aromatic carbocycles. The molecule has 0 spiro atoms. The number of aromatic nitrogens is 2. The third-order valence-electron chi connectivity index (χ3n) is 2.65. The zero-order valence-electron chi connectivity index (χ0n) is 12.2. The first-order chi connectivity index (χ1) is 10.6. The van der Waals surface area contributed by atoms with Gasteiger partial charge in [-0.05, 0) is 24.6 Å². The van der Waals surface area contributed by atoms with Crippen molar-refractivity contribution in [2.45, 2.75) is 13.5 Å². The van der Waals surface area contributed by atoms with Crippen LogP contribution in [0.15, 0.2) is 30.5 Å². The van der Waals surface area contributed by atoms with Crippen LogP contribution in [0.1, 0.15) is 23.0 Å². The second-order valence-electron chi connectivity index (χ2n) is 4.30. The first kappa shape index (κ1) is 15.8. The fourth-order valence-electron chi connectivity index (χ4n) is 1.72. The molecular formula is C15H15FN2O4. The Kier molecular flexibility index (Phi) is 5.37. The first-order valence-electron chi connectivity index (χ1n) is 6.59. The maximum Gasteiger partial charge on any atom is 0.358 e. The highest BCUT2D eigenvalue weighted by atomic mass is 19.1. The molecule has 0 aliphatic heterocycles. The highest BCUT2D eigenvalue weighted by Crippen LogP contribution is 2.25. The number of rotatable bonds is 6. The van der Waals surface area contributed by atoms with Crippen LogP contribution in [0.3, 0.4) is 0 Å². The molecule has 0 atom stereocenters. The molecule has 0 fully saturated rings. The molecular weight excluding hydrogens is 291 g/mol. The zero-order chi connectivity index (χ0) is 15.9. The quantitative estimate of drug-likeness (QED) is 0.764. The number of esters is 1. The number of nitrogens with zero attached hydrogens (tertiary/aromatic N) is 2. The molecule has 2 rings (SSSR count). The monoisotopic (exact) mass is 306 g/mol. The van der Waals surface area contributed by atoms with Crippen molar-refractivity contribution in [3.05, 3.63) is 47.5 Å². The van der Waals surface area contributed by atoms with E-state index < -0.39 is 11.8 Å². The lowest BCUT2D eigenvalue weighted by molar-refractivity contribution is 0.0517. The van der Waals surface area contributed by atoms with Gasteiger partial charge in [-0.25, -0.2) is 9.18 Å². The zero-order valence-corrected chi connectivity index (χ0v) is 12.2. The summed E-state index contributed by atoms with van der Waals surface area (Å²) < 4.78 is 29.1. The van der Waals surface area contributed by atoms with Crippen molar-refractivity contribution in [2.75, 3.05) is 13.7 Å². The Bertz CT molecular complexity index is 664. The summed E-state index contributed by atoms with van der Waals surface area (Å²) in [7, 11) is 1.53. The second kappa shape index (κ2) is 7.46. The lowest BCUT2D eigenvalue weighted by Gasteiger charge is -2.08.